The lowest BCUT2D eigenvalue weighted by atomic mass is 10.1. The molecule has 0 fully saturated rings. The van der Waals surface area contributed by atoms with Gasteiger partial charge in [0.05, 0.1) is 13.2 Å². The van der Waals surface area contributed by atoms with Gasteiger partial charge in [0, 0.05) is 19.9 Å². The molecular weight excluding hydrogens is 262 g/mol. The molecule has 0 aliphatic rings. The Morgan fingerprint density at radius 3 is 2.52 bits per heavy atom. The van der Waals surface area contributed by atoms with Gasteiger partial charge < -0.3 is 9.64 Å². The maximum absolute atomic E-state index is 12.2. The van der Waals surface area contributed by atoms with E-state index >= 15 is 0 Å². The molecule has 3 nitrogen and oxygen atoms in total. The molecule has 0 heterocycles. The van der Waals surface area contributed by atoms with Gasteiger partial charge in [0.2, 0.25) is 5.91 Å². The standard InChI is InChI=1S/C18H25NO2/c1-5-6-7-8-9-10-18(20)19(3)15(2)16-11-13-17(21-4)14-12-16/h1,11-15H,6-10H2,2-4H3/t15-/m1/s1. The molecule has 0 saturated carbocycles. The van der Waals surface area contributed by atoms with Gasteiger partial charge in [-0.05, 0) is 37.5 Å². The second kappa shape index (κ2) is 9.07. The molecular formula is C18H25NO2. The fourth-order valence-corrected chi connectivity index (χ4v) is 2.18. The zero-order valence-corrected chi connectivity index (χ0v) is 13.3. The Hall–Kier alpha value is -1.95. The van der Waals surface area contributed by atoms with Crippen LogP contribution in [0.4, 0.5) is 0 Å². The molecule has 1 atom stereocenters. The largest absolute Gasteiger partial charge is 0.497 e. The molecule has 0 aromatic heterocycles. The third-order valence-electron chi connectivity index (χ3n) is 3.78. The molecule has 0 N–H and O–H groups in total. The first-order chi connectivity index (χ1) is 10.1. The Morgan fingerprint density at radius 2 is 1.95 bits per heavy atom. The van der Waals surface area contributed by atoms with Gasteiger partial charge in [-0.2, -0.15) is 0 Å². The average Bonchev–Trinajstić information content (AvgIpc) is 2.53. The van der Waals surface area contributed by atoms with E-state index in [1.165, 1.54) is 0 Å². The Kier molecular flexibility index (Phi) is 7.39. The van der Waals surface area contributed by atoms with Crippen LogP contribution in [0, 0.1) is 12.3 Å². The van der Waals surface area contributed by atoms with Gasteiger partial charge in [0.1, 0.15) is 5.75 Å². The van der Waals surface area contributed by atoms with Crippen LogP contribution in [0.2, 0.25) is 0 Å². The topological polar surface area (TPSA) is 29.5 Å². The Morgan fingerprint density at radius 1 is 1.29 bits per heavy atom. The quantitative estimate of drug-likeness (QED) is 0.537. The molecule has 1 rings (SSSR count). The minimum Gasteiger partial charge on any atom is -0.497 e. The van der Waals surface area contributed by atoms with Crippen molar-refractivity contribution in [3.8, 4) is 18.1 Å². The SMILES string of the molecule is C#CCCCCCC(=O)N(C)[C@H](C)c1ccc(OC)cc1. The van der Waals surface area contributed by atoms with Crippen molar-refractivity contribution in [2.45, 2.75) is 45.1 Å². The molecule has 114 valence electrons. The number of amides is 1. The van der Waals surface area contributed by atoms with Crippen molar-refractivity contribution in [2.75, 3.05) is 14.2 Å². The summed E-state index contributed by atoms with van der Waals surface area (Å²) in [4.78, 5) is 14.0. The second-order valence-corrected chi connectivity index (χ2v) is 5.22. The molecule has 1 amide bonds. The lowest BCUT2D eigenvalue weighted by Crippen LogP contribution is -2.29. The number of benzene rings is 1. The van der Waals surface area contributed by atoms with Crippen molar-refractivity contribution >= 4 is 5.91 Å². The highest BCUT2D eigenvalue weighted by Gasteiger charge is 2.16. The van der Waals surface area contributed by atoms with E-state index < -0.39 is 0 Å². The summed E-state index contributed by atoms with van der Waals surface area (Å²) < 4.78 is 5.15. The summed E-state index contributed by atoms with van der Waals surface area (Å²) in [7, 11) is 3.51. The highest BCUT2D eigenvalue weighted by molar-refractivity contribution is 5.76. The highest BCUT2D eigenvalue weighted by atomic mass is 16.5. The van der Waals surface area contributed by atoms with E-state index in [1.54, 1.807) is 7.11 Å². The van der Waals surface area contributed by atoms with Gasteiger partial charge in [0.25, 0.3) is 0 Å². The minimum atomic E-state index is 0.0640. The van der Waals surface area contributed by atoms with Crippen LogP contribution in [0.3, 0.4) is 0 Å². The molecule has 0 spiro atoms. The summed E-state index contributed by atoms with van der Waals surface area (Å²) in [6.07, 6.45) is 9.51. The number of methoxy groups -OCH3 is 1. The van der Waals surface area contributed by atoms with Crippen molar-refractivity contribution in [3.05, 3.63) is 29.8 Å². The van der Waals surface area contributed by atoms with Crippen molar-refractivity contribution < 1.29 is 9.53 Å². The van der Waals surface area contributed by atoms with Crippen molar-refractivity contribution in [1.82, 2.24) is 4.90 Å². The summed E-state index contributed by atoms with van der Waals surface area (Å²) in [5.41, 5.74) is 1.11. The normalized spacial score (nSPS) is 11.5. The molecule has 0 bridgehead atoms. The summed E-state index contributed by atoms with van der Waals surface area (Å²) in [6, 6.07) is 7.91. The van der Waals surface area contributed by atoms with Gasteiger partial charge in [-0.1, -0.05) is 18.6 Å². The van der Waals surface area contributed by atoms with Crippen LogP contribution in [0.25, 0.3) is 0 Å². The summed E-state index contributed by atoms with van der Waals surface area (Å²) in [5.74, 6) is 3.63. The summed E-state index contributed by atoms with van der Waals surface area (Å²) in [5, 5.41) is 0. The molecule has 1 aromatic rings. The maximum atomic E-state index is 12.2. The number of nitrogens with zero attached hydrogens (tertiary/aromatic N) is 1. The Balaban J connectivity index is 2.46. The maximum Gasteiger partial charge on any atom is 0.222 e. The molecule has 3 heteroatoms. The van der Waals surface area contributed by atoms with E-state index in [0.29, 0.717) is 6.42 Å². The lowest BCUT2D eigenvalue weighted by molar-refractivity contribution is -0.131. The van der Waals surface area contributed by atoms with E-state index in [1.807, 2.05) is 43.1 Å². The van der Waals surface area contributed by atoms with Crippen LogP contribution in [0.5, 0.6) is 5.75 Å². The van der Waals surface area contributed by atoms with Crippen LogP contribution in [-0.2, 0) is 4.79 Å². The van der Waals surface area contributed by atoms with Crippen molar-refractivity contribution in [2.24, 2.45) is 0 Å². The zero-order valence-electron chi connectivity index (χ0n) is 13.3. The fourth-order valence-electron chi connectivity index (χ4n) is 2.18. The first-order valence-corrected chi connectivity index (χ1v) is 7.43. The third kappa shape index (κ3) is 5.51. The molecule has 0 unspecified atom stereocenters. The number of carbonyl (C=O) groups excluding carboxylic acids is 1. The minimum absolute atomic E-state index is 0.0640. The second-order valence-electron chi connectivity index (χ2n) is 5.22. The van der Waals surface area contributed by atoms with E-state index in [2.05, 4.69) is 5.92 Å². The number of hydrogen-bond acceptors (Lipinski definition) is 2. The number of terminal acetylenes is 1. The van der Waals surface area contributed by atoms with Crippen molar-refractivity contribution in [1.29, 1.82) is 0 Å². The van der Waals surface area contributed by atoms with E-state index in [4.69, 9.17) is 11.2 Å². The van der Waals surface area contributed by atoms with Gasteiger partial charge >= 0.3 is 0 Å². The zero-order chi connectivity index (χ0) is 15.7. The number of hydrogen-bond donors (Lipinski definition) is 0. The molecule has 21 heavy (non-hydrogen) atoms. The number of unbranched alkanes of at least 4 members (excludes halogenated alkanes) is 3. The number of rotatable bonds is 8. The Labute approximate surface area is 128 Å². The average molecular weight is 287 g/mol. The van der Waals surface area contributed by atoms with Gasteiger partial charge in [-0.15, -0.1) is 12.3 Å². The van der Waals surface area contributed by atoms with Crippen LogP contribution in [0.1, 0.15) is 50.6 Å². The van der Waals surface area contributed by atoms with Crippen molar-refractivity contribution in [3.63, 3.8) is 0 Å². The summed E-state index contributed by atoms with van der Waals surface area (Å²) >= 11 is 0. The Bertz CT molecular complexity index is 473. The molecule has 0 radical (unpaired) electrons. The van der Waals surface area contributed by atoms with Crippen LogP contribution in [0.15, 0.2) is 24.3 Å². The van der Waals surface area contributed by atoms with E-state index in [-0.39, 0.29) is 11.9 Å². The lowest BCUT2D eigenvalue weighted by Gasteiger charge is -2.25. The molecule has 1 aromatic carbocycles. The highest BCUT2D eigenvalue weighted by Crippen LogP contribution is 2.22. The van der Waals surface area contributed by atoms with Crippen LogP contribution in [-0.4, -0.2) is 25.0 Å². The predicted octanol–water partition coefficient (Wildman–Crippen LogP) is 3.80. The van der Waals surface area contributed by atoms with Crippen LogP contribution >= 0.6 is 0 Å². The first kappa shape index (κ1) is 17.1. The smallest absolute Gasteiger partial charge is 0.222 e. The summed E-state index contributed by atoms with van der Waals surface area (Å²) in [6.45, 7) is 2.04. The monoisotopic (exact) mass is 287 g/mol. The predicted molar refractivity (Wildman–Crippen MR) is 86.1 cm³/mol. The van der Waals surface area contributed by atoms with Gasteiger partial charge in [0.15, 0.2) is 0 Å². The fraction of sp³-hybridized carbons (Fsp3) is 0.500. The van der Waals surface area contributed by atoms with Gasteiger partial charge in [-0.3, -0.25) is 4.79 Å². The van der Waals surface area contributed by atoms with E-state index in [0.717, 1.165) is 37.0 Å². The third-order valence-corrected chi connectivity index (χ3v) is 3.78. The number of carbonyl (C=O) groups is 1. The van der Waals surface area contributed by atoms with Gasteiger partial charge in [-0.25, -0.2) is 0 Å². The first-order valence-electron chi connectivity index (χ1n) is 7.43. The molecule has 0 saturated heterocycles. The molecule has 0 aliphatic carbocycles. The number of ether oxygens (including phenoxy) is 1. The van der Waals surface area contributed by atoms with E-state index in [9.17, 15) is 4.79 Å². The van der Waals surface area contributed by atoms with Crippen LogP contribution < -0.4 is 4.74 Å². The molecule has 0 aliphatic heterocycles.